The number of hydrogen-bond donors (Lipinski definition) is 0. The number of fused-ring (bicyclic) bond motifs is 20. The Hall–Kier alpha value is -18.3. The van der Waals surface area contributed by atoms with Crippen molar-refractivity contribution in [2.24, 2.45) is 0 Å². The average Bonchev–Trinajstić information content (AvgIpc) is 1.58. The smallest absolute Gasteiger partial charge is 0.164 e. The standard InChI is InChI=1S/C122H72N10O2/c1-4-28-73(29-5-1)75-56-58-76(59-57-75)117-123-119(127-121(125-117)94-47-26-52-105-113(94)92-45-15-20-50-102(92)129(105)87-39-8-3-9-40-87)85-67-100-91-44-18-23-55-112(91)134-116(100)110(72-85)132-104-61-60-83(66-97(104)98-65-80-33-11-13-35-82(80)70-108(98)132)78-37-25-41-88(63-78)130-103-51-21-16-46-93(103)114-95(48-27-53-106(114)130)122-126-118(84-38-24-36-77(62-84)74-30-6-2-7-31-74)124-120(128-122)86-68-99-90-43-17-22-54-111(90)133-115(99)109(71-86)131-101-49-19-14-42-89(101)96-64-79-32-10-12-34-81(79)69-107(96)131/h1-72H. The molecule has 0 bridgehead atoms. The number of nitrogens with zero attached hydrogens (tertiary/aromatic N) is 10. The first-order chi connectivity index (χ1) is 66.4. The van der Waals surface area contributed by atoms with Gasteiger partial charge in [0.1, 0.15) is 11.2 Å². The second-order valence-electron chi connectivity index (χ2n) is 34.8. The molecule has 8 aromatic heterocycles. The molecule has 28 aromatic rings. The zero-order chi connectivity index (χ0) is 87.7. The van der Waals surface area contributed by atoms with Crippen LogP contribution in [0.4, 0.5) is 0 Å². The van der Waals surface area contributed by atoms with Gasteiger partial charge >= 0.3 is 0 Å². The lowest BCUT2D eigenvalue weighted by Crippen LogP contribution is -2.02. The SMILES string of the molecule is c1ccc(-c2ccc(-c3nc(-c4cc(-n5c6ccc(-c7cccc(-n8c9ccccc9c9c(-c%10nc(-c%11cccc(-c%12ccccc%12)c%11)nc(-c%11cc(-n%12c%13ccccc%13c%13cc%14ccccc%14cc%13%12)c%12oc%13ccccc%13c%12c%11)n%10)cccc98)c7)cc6c6cc7ccccc7cc65)c5oc6ccccc6c5c4)nc(-c4cccc5c4c4ccccc4n5-c4ccccc4)n3)cc2)cc1. The minimum Gasteiger partial charge on any atom is -0.454 e. The molecule has 0 aliphatic heterocycles. The second kappa shape index (κ2) is 29.7. The molecule has 20 aromatic carbocycles. The van der Waals surface area contributed by atoms with E-state index in [1.54, 1.807) is 0 Å². The fourth-order valence-electron chi connectivity index (χ4n) is 21.1. The summed E-state index contributed by atoms with van der Waals surface area (Å²) in [7, 11) is 0. The summed E-state index contributed by atoms with van der Waals surface area (Å²) in [6, 6.07) is 156. The van der Waals surface area contributed by atoms with Gasteiger partial charge in [-0.05, 0) is 188 Å². The molecule has 0 radical (unpaired) electrons. The Balaban J connectivity index is 0.614. The van der Waals surface area contributed by atoms with Gasteiger partial charge in [-0.15, -0.1) is 0 Å². The number of hydrogen-bond acceptors (Lipinski definition) is 8. The first kappa shape index (κ1) is 74.8. The molecule has 0 aliphatic rings. The van der Waals surface area contributed by atoms with E-state index in [9.17, 15) is 0 Å². The highest BCUT2D eigenvalue weighted by atomic mass is 16.3. The summed E-state index contributed by atoms with van der Waals surface area (Å²) in [5.41, 5.74) is 26.7. The van der Waals surface area contributed by atoms with Crippen LogP contribution in [-0.4, -0.2) is 48.2 Å². The number of rotatable bonds is 13. The third-order valence-electron chi connectivity index (χ3n) is 27.2. The topological polar surface area (TPSA) is 123 Å². The lowest BCUT2D eigenvalue weighted by atomic mass is 10.0. The molecule has 0 N–H and O–H groups in total. The monoisotopic (exact) mass is 1710 g/mol. The van der Waals surface area contributed by atoms with Crippen LogP contribution in [0.3, 0.4) is 0 Å². The second-order valence-corrected chi connectivity index (χ2v) is 34.8. The first-order valence-corrected chi connectivity index (χ1v) is 45.3. The van der Waals surface area contributed by atoms with Crippen LogP contribution in [-0.2, 0) is 0 Å². The van der Waals surface area contributed by atoms with E-state index in [2.05, 4.69) is 437 Å². The van der Waals surface area contributed by atoms with Crippen LogP contribution in [0, 0.1) is 0 Å². The van der Waals surface area contributed by atoms with Crippen molar-refractivity contribution in [1.82, 2.24) is 48.2 Å². The van der Waals surface area contributed by atoms with E-state index in [0.717, 1.165) is 237 Å². The number of benzene rings is 20. The van der Waals surface area contributed by atoms with Gasteiger partial charge < -0.3 is 27.1 Å². The predicted octanol–water partition coefficient (Wildman–Crippen LogP) is 31.6. The van der Waals surface area contributed by atoms with Crippen molar-refractivity contribution in [3.05, 3.63) is 437 Å². The molecule has 622 valence electrons. The largest absolute Gasteiger partial charge is 0.454 e. The molecular formula is C122H72N10O2. The molecule has 12 nitrogen and oxygen atoms in total. The van der Waals surface area contributed by atoms with Crippen LogP contribution in [0.2, 0.25) is 0 Å². The van der Waals surface area contributed by atoms with Crippen molar-refractivity contribution in [3.8, 4) is 124 Å². The number of furan rings is 2. The quantitative estimate of drug-likeness (QED) is 0.112. The van der Waals surface area contributed by atoms with E-state index in [1.165, 1.54) is 5.39 Å². The molecule has 0 fully saturated rings. The molecule has 28 rings (SSSR count). The van der Waals surface area contributed by atoms with Gasteiger partial charge in [-0.25, -0.2) is 29.9 Å². The van der Waals surface area contributed by atoms with Crippen LogP contribution in [0.25, 0.3) is 277 Å². The summed E-state index contributed by atoms with van der Waals surface area (Å²) in [6.45, 7) is 0. The van der Waals surface area contributed by atoms with Crippen molar-refractivity contribution < 1.29 is 8.83 Å². The van der Waals surface area contributed by atoms with Gasteiger partial charge in [-0.3, -0.25) is 0 Å². The van der Waals surface area contributed by atoms with Crippen LogP contribution in [0.5, 0.6) is 0 Å². The van der Waals surface area contributed by atoms with Gasteiger partial charge in [-0.2, -0.15) is 0 Å². The Labute approximate surface area is 765 Å². The number of aromatic nitrogens is 10. The van der Waals surface area contributed by atoms with Gasteiger partial charge in [0.05, 0.1) is 55.5 Å². The van der Waals surface area contributed by atoms with E-state index >= 15 is 0 Å². The van der Waals surface area contributed by atoms with Crippen molar-refractivity contribution in [2.75, 3.05) is 0 Å². The maximum absolute atomic E-state index is 7.22. The highest BCUT2D eigenvalue weighted by Gasteiger charge is 2.29. The van der Waals surface area contributed by atoms with Crippen molar-refractivity contribution in [2.45, 2.75) is 0 Å². The normalized spacial score (nSPS) is 12.0. The first-order valence-electron chi connectivity index (χ1n) is 45.3. The molecule has 0 spiro atoms. The van der Waals surface area contributed by atoms with Crippen molar-refractivity contribution in [3.63, 3.8) is 0 Å². The third kappa shape index (κ3) is 11.8. The molecular weight excluding hydrogens is 1640 g/mol. The van der Waals surface area contributed by atoms with Gasteiger partial charge in [-0.1, -0.05) is 303 Å². The fraction of sp³-hybridized carbons (Fsp3) is 0. The number of para-hydroxylation sites is 6. The molecule has 0 aliphatic carbocycles. The Bertz CT molecular complexity index is 9780. The van der Waals surface area contributed by atoms with Crippen molar-refractivity contribution >= 4 is 153 Å². The summed E-state index contributed by atoms with van der Waals surface area (Å²) in [6.07, 6.45) is 0. The Morgan fingerprint density at radius 1 is 0.164 bits per heavy atom. The minimum atomic E-state index is 0.519. The highest BCUT2D eigenvalue weighted by molar-refractivity contribution is 6.21. The predicted molar refractivity (Wildman–Crippen MR) is 549 cm³/mol. The molecule has 8 heterocycles. The van der Waals surface area contributed by atoms with Gasteiger partial charge in [0.2, 0.25) is 0 Å². The summed E-state index contributed by atoms with van der Waals surface area (Å²) < 4.78 is 23.8. The van der Waals surface area contributed by atoms with Gasteiger partial charge in [0.25, 0.3) is 0 Å². The molecule has 12 heteroatoms. The maximum Gasteiger partial charge on any atom is 0.164 e. The molecule has 0 amide bonds. The van der Waals surface area contributed by atoms with Crippen LogP contribution in [0.1, 0.15) is 0 Å². The lowest BCUT2D eigenvalue weighted by molar-refractivity contribution is 0.666. The molecule has 0 atom stereocenters. The van der Waals surface area contributed by atoms with Crippen LogP contribution >= 0.6 is 0 Å². The van der Waals surface area contributed by atoms with E-state index in [-0.39, 0.29) is 0 Å². The molecule has 0 unspecified atom stereocenters. The summed E-state index contributed by atoms with van der Waals surface area (Å²) in [5, 5.41) is 17.1. The Morgan fingerprint density at radius 2 is 0.500 bits per heavy atom. The Kier molecular flexibility index (Phi) is 16.5. The zero-order valence-corrected chi connectivity index (χ0v) is 71.9. The maximum atomic E-state index is 7.22. The fourth-order valence-corrected chi connectivity index (χ4v) is 21.1. The molecule has 134 heavy (non-hydrogen) atoms. The molecule has 0 saturated carbocycles. The summed E-state index contributed by atoms with van der Waals surface area (Å²) in [5.74, 6) is 3.23. The van der Waals surface area contributed by atoms with Gasteiger partial charge in [0.15, 0.2) is 46.1 Å². The third-order valence-corrected chi connectivity index (χ3v) is 27.2. The van der Waals surface area contributed by atoms with Crippen LogP contribution in [0.15, 0.2) is 446 Å². The zero-order valence-electron chi connectivity index (χ0n) is 71.9. The van der Waals surface area contributed by atoms with E-state index in [0.29, 0.717) is 34.9 Å². The van der Waals surface area contributed by atoms with E-state index in [1.807, 2.05) is 18.2 Å². The van der Waals surface area contributed by atoms with E-state index in [4.69, 9.17) is 38.7 Å². The lowest BCUT2D eigenvalue weighted by Gasteiger charge is -2.14. The summed E-state index contributed by atoms with van der Waals surface area (Å²) >= 11 is 0. The molecule has 0 saturated heterocycles. The average molecular weight is 1710 g/mol. The van der Waals surface area contributed by atoms with E-state index < -0.39 is 0 Å². The Morgan fingerprint density at radius 3 is 1.05 bits per heavy atom. The highest BCUT2D eigenvalue weighted by Crippen LogP contribution is 2.49. The van der Waals surface area contributed by atoms with Crippen molar-refractivity contribution in [1.29, 1.82) is 0 Å². The minimum absolute atomic E-state index is 0.519. The van der Waals surface area contributed by atoms with Crippen LogP contribution < -0.4 is 0 Å². The van der Waals surface area contributed by atoms with Gasteiger partial charge in [0, 0.05) is 109 Å². The summed E-state index contributed by atoms with van der Waals surface area (Å²) in [4.78, 5) is 33.7.